The average Bonchev–Trinajstić information content (AvgIpc) is 2.35. The second-order valence-corrected chi connectivity index (χ2v) is 3.89. The highest BCUT2D eigenvalue weighted by molar-refractivity contribution is 5.40. The number of rotatable bonds is 6. The van der Waals surface area contributed by atoms with Gasteiger partial charge in [-0.15, -0.1) is 0 Å². The summed E-state index contributed by atoms with van der Waals surface area (Å²) in [4.78, 5) is 0. The van der Waals surface area contributed by atoms with E-state index in [1.54, 1.807) is 14.2 Å². The fourth-order valence-electron chi connectivity index (χ4n) is 1.73. The molecule has 3 nitrogen and oxygen atoms in total. The smallest absolute Gasteiger partial charge is 0.125 e. The maximum absolute atomic E-state index is 5.71. The molecule has 0 bridgehead atoms. The Hall–Kier alpha value is -1.22. The number of benzene rings is 1. The molecule has 2 N–H and O–H groups in total. The molecule has 1 rings (SSSR count). The molecule has 0 aliphatic carbocycles. The summed E-state index contributed by atoms with van der Waals surface area (Å²) in [6.07, 6.45) is 2.05. The molecule has 1 unspecified atom stereocenters. The highest BCUT2D eigenvalue weighted by Gasteiger charge is 2.10. The Balaban J connectivity index is 2.86. The molecule has 16 heavy (non-hydrogen) atoms. The van der Waals surface area contributed by atoms with E-state index < -0.39 is 0 Å². The van der Waals surface area contributed by atoms with Gasteiger partial charge in [-0.2, -0.15) is 0 Å². The Kier molecular flexibility index (Phi) is 5.12. The van der Waals surface area contributed by atoms with E-state index in [4.69, 9.17) is 15.2 Å². The summed E-state index contributed by atoms with van der Waals surface area (Å²) in [5.74, 6) is 2.22. The summed E-state index contributed by atoms with van der Waals surface area (Å²) >= 11 is 0. The normalized spacial score (nSPS) is 12.2. The van der Waals surface area contributed by atoms with Crippen molar-refractivity contribution in [1.29, 1.82) is 0 Å². The van der Waals surface area contributed by atoms with E-state index in [1.165, 1.54) is 5.56 Å². The van der Waals surface area contributed by atoms with Crippen LogP contribution in [0.25, 0.3) is 0 Å². The lowest BCUT2D eigenvalue weighted by Gasteiger charge is -2.15. The standard InChI is InChI=1S/C13H21NO2/c1-4-10(9-14)7-11-5-6-12(15-2)8-13(11)16-3/h5-6,8,10H,4,7,9,14H2,1-3H3. The van der Waals surface area contributed by atoms with Gasteiger partial charge in [0, 0.05) is 6.07 Å². The van der Waals surface area contributed by atoms with E-state index in [0.29, 0.717) is 12.5 Å². The molecule has 0 aliphatic rings. The molecule has 0 fully saturated rings. The first-order valence-corrected chi connectivity index (χ1v) is 5.66. The minimum atomic E-state index is 0.516. The third-order valence-electron chi connectivity index (χ3n) is 2.91. The van der Waals surface area contributed by atoms with E-state index in [0.717, 1.165) is 24.3 Å². The predicted molar refractivity (Wildman–Crippen MR) is 66.1 cm³/mol. The van der Waals surface area contributed by atoms with Crippen LogP contribution in [0.5, 0.6) is 11.5 Å². The SMILES string of the molecule is CCC(CN)Cc1ccc(OC)cc1OC. The van der Waals surface area contributed by atoms with Crippen molar-refractivity contribution in [2.75, 3.05) is 20.8 Å². The summed E-state index contributed by atoms with van der Waals surface area (Å²) in [5, 5.41) is 0. The van der Waals surface area contributed by atoms with Crippen LogP contribution in [0.2, 0.25) is 0 Å². The molecule has 3 heteroatoms. The number of hydrogen-bond acceptors (Lipinski definition) is 3. The van der Waals surface area contributed by atoms with Crippen molar-refractivity contribution in [1.82, 2.24) is 0 Å². The number of ether oxygens (including phenoxy) is 2. The van der Waals surface area contributed by atoms with Gasteiger partial charge < -0.3 is 15.2 Å². The second-order valence-electron chi connectivity index (χ2n) is 3.89. The maximum Gasteiger partial charge on any atom is 0.125 e. The maximum atomic E-state index is 5.71. The minimum Gasteiger partial charge on any atom is -0.497 e. The quantitative estimate of drug-likeness (QED) is 0.804. The monoisotopic (exact) mass is 223 g/mol. The predicted octanol–water partition coefficient (Wildman–Crippen LogP) is 2.23. The van der Waals surface area contributed by atoms with Gasteiger partial charge in [0.15, 0.2) is 0 Å². The zero-order valence-corrected chi connectivity index (χ0v) is 10.3. The Morgan fingerprint density at radius 2 is 2.00 bits per heavy atom. The molecular formula is C13H21NO2. The van der Waals surface area contributed by atoms with Crippen LogP contribution < -0.4 is 15.2 Å². The summed E-state index contributed by atoms with van der Waals surface area (Å²) in [6.45, 7) is 2.87. The summed E-state index contributed by atoms with van der Waals surface area (Å²) < 4.78 is 10.5. The summed E-state index contributed by atoms with van der Waals surface area (Å²) in [7, 11) is 3.34. The van der Waals surface area contributed by atoms with Crippen LogP contribution in [0.15, 0.2) is 18.2 Å². The van der Waals surface area contributed by atoms with Crippen molar-refractivity contribution in [3.63, 3.8) is 0 Å². The average molecular weight is 223 g/mol. The van der Waals surface area contributed by atoms with E-state index >= 15 is 0 Å². The van der Waals surface area contributed by atoms with Crippen LogP contribution in [-0.4, -0.2) is 20.8 Å². The molecule has 1 aromatic rings. The highest BCUT2D eigenvalue weighted by Crippen LogP contribution is 2.27. The molecule has 0 amide bonds. The van der Waals surface area contributed by atoms with Gasteiger partial charge in [-0.25, -0.2) is 0 Å². The summed E-state index contributed by atoms with van der Waals surface area (Å²) in [6, 6.07) is 5.93. The third-order valence-corrected chi connectivity index (χ3v) is 2.91. The molecule has 1 aromatic carbocycles. The largest absolute Gasteiger partial charge is 0.497 e. The van der Waals surface area contributed by atoms with E-state index in [2.05, 4.69) is 13.0 Å². The molecule has 0 radical (unpaired) electrons. The zero-order valence-electron chi connectivity index (χ0n) is 10.3. The van der Waals surface area contributed by atoms with Gasteiger partial charge in [0.2, 0.25) is 0 Å². The lowest BCUT2D eigenvalue weighted by atomic mass is 9.96. The molecule has 0 aromatic heterocycles. The van der Waals surface area contributed by atoms with E-state index in [9.17, 15) is 0 Å². The van der Waals surface area contributed by atoms with Crippen LogP contribution >= 0.6 is 0 Å². The first kappa shape index (κ1) is 12.8. The molecule has 90 valence electrons. The van der Waals surface area contributed by atoms with Gasteiger partial charge in [0.25, 0.3) is 0 Å². The van der Waals surface area contributed by atoms with E-state index in [1.807, 2.05) is 12.1 Å². The first-order chi connectivity index (χ1) is 7.74. The Morgan fingerprint density at radius 3 is 2.50 bits per heavy atom. The lowest BCUT2D eigenvalue weighted by Crippen LogP contribution is -2.16. The molecular weight excluding hydrogens is 202 g/mol. The van der Waals surface area contributed by atoms with Gasteiger partial charge in [-0.1, -0.05) is 19.4 Å². The first-order valence-electron chi connectivity index (χ1n) is 5.66. The van der Waals surface area contributed by atoms with Crippen LogP contribution in [-0.2, 0) is 6.42 Å². The van der Waals surface area contributed by atoms with Crippen LogP contribution in [0.4, 0.5) is 0 Å². The van der Waals surface area contributed by atoms with Gasteiger partial charge in [-0.3, -0.25) is 0 Å². The van der Waals surface area contributed by atoms with Crippen LogP contribution in [0, 0.1) is 5.92 Å². The number of methoxy groups -OCH3 is 2. The van der Waals surface area contributed by atoms with Crippen molar-refractivity contribution >= 4 is 0 Å². The lowest BCUT2D eigenvalue weighted by molar-refractivity contribution is 0.387. The van der Waals surface area contributed by atoms with Gasteiger partial charge >= 0.3 is 0 Å². The number of hydrogen-bond donors (Lipinski definition) is 1. The van der Waals surface area contributed by atoms with Crippen molar-refractivity contribution in [3.8, 4) is 11.5 Å². The molecule has 0 saturated heterocycles. The van der Waals surface area contributed by atoms with E-state index in [-0.39, 0.29) is 0 Å². The van der Waals surface area contributed by atoms with Gasteiger partial charge in [0.1, 0.15) is 11.5 Å². The molecule has 0 spiro atoms. The van der Waals surface area contributed by atoms with Crippen molar-refractivity contribution in [2.24, 2.45) is 11.7 Å². The van der Waals surface area contributed by atoms with Crippen LogP contribution in [0.3, 0.4) is 0 Å². The molecule has 0 heterocycles. The fourth-order valence-corrected chi connectivity index (χ4v) is 1.73. The van der Waals surface area contributed by atoms with Crippen LogP contribution in [0.1, 0.15) is 18.9 Å². The summed E-state index contributed by atoms with van der Waals surface area (Å²) in [5.41, 5.74) is 6.91. The Bertz CT molecular complexity index is 322. The molecule has 0 saturated carbocycles. The van der Waals surface area contributed by atoms with Crippen molar-refractivity contribution in [2.45, 2.75) is 19.8 Å². The number of nitrogens with two attached hydrogens (primary N) is 1. The highest BCUT2D eigenvalue weighted by atomic mass is 16.5. The Morgan fingerprint density at radius 1 is 1.25 bits per heavy atom. The third kappa shape index (κ3) is 3.14. The topological polar surface area (TPSA) is 44.5 Å². The molecule has 1 atom stereocenters. The Labute approximate surface area is 97.6 Å². The van der Waals surface area contributed by atoms with Gasteiger partial charge in [-0.05, 0) is 30.5 Å². The van der Waals surface area contributed by atoms with Crippen molar-refractivity contribution < 1.29 is 9.47 Å². The zero-order chi connectivity index (χ0) is 12.0. The van der Waals surface area contributed by atoms with Crippen molar-refractivity contribution in [3.05, 3.63) is 23.8 Å². The molecule has 0 aliphatic heterocycles. The minimum absolute atomic E-state index is 0.516. The van der Waals surface area contributed by atoms with Gasteiger partial charge in [0.05, 0.1) is 14.2 Å². The second kappa shape index (κ2) is 6.38. The fraction of sp³-hybridized carbons (Fsp3) is 0.538.